The molecule has 3 rings (SSSR count). The van der Waals surface area contributed by atoms with Gasteiger partial charge in [-0.1, -0.05) is 32.0 Å². The number of nitrogens with one attached hydrogen (secondary N) is 1. The molecule has 0 saturated carbocycles. The molecular formula is C18H25N5O3S. The minimum absolute atomic E-state index is 0.0450. The average Bonchev–Trinajstić information content (AvgIpc) is 2.92. The zero-order valence-corrected chi connectivity index (χ0v) is 16.5. The summed E-state index contributed by atoms with van der Waals surface area (Å²) in [5.41, 5.74) is 7.98. The number of anilines is 1. The number of aliphatic hydroxyl groups is 1. The number of hydrogen-bond donors (Lipinski definition) is 3. The van der Waals surface area contributed by atoms with E-state index < -0.39 is 10.0 Å². The van der Waals surface area contributed by atoms with Gasteiger partial charge in [0.15, 0.2) is 5.82 Å². The van der Waals surface area contributed by atoms with Crippen molar-refractivity contribution in [1.82, 2.24) is 19.3 Å². The number of nitrogens with two attached hydrogens (primary N) is 1. The number of nitrogen functional groups attached to an aromatic ring is 1. The van der Waals surface area contributed by atoms with Gasteiger partial charge in [-0.05, 0) is 11.5 Å². The van der Waals surface area contributed by atoms with Gasteiger partial charge in [0.05, 0.1) is 23.9 Å². The number of para-hydroxylation sites is 1. The smallest absolute Gasteiger partial charge is 0.208 e. The van der Waals surface area contributed by atoms with Crippen LogP contribution in [0.25, 0.3) is 21.9 Å². The standard InChI is InChI=1S/C18H25N5O3S/c1-18(2,10-20-27(3,25)26)11-23-14(8-9-24)22-15-16(23)12-6-4-5-7-13(12)21-17(15)19/h4-7,20,24H,8-11H2,1-3H3,(H2,19,21). The lowest BCUT2D eigenvalue weighted by atomic mass is 9.93. The van der Waals surface area contributed by atoms with E-state index in [0.29, 0.717) is 30.1 Å². The van der Waals surface area contributed by atoms with Gasteiger partial charge in [-0.3, -0.25) is 0 Å². The second kappa shape index (κ2) is 7.06. The van der Waals surface area contributed by atoms with Crippen LogP contribution in [-0.2, 0) is 23.0 Å². The van der Waals surface area contributed by atoms with Crippen molar-refractivity contribution in [3.8, 4) is 0 Å². The Morgan fingerprint density at radius 1 is 1.26 bits per heavy atom. The number of pyridine rings is 1. The number of fused-ring (bicyclic) bond motifs is 3. The monoisotopic (exact) mass is 391 g/mol. The highest BCUT2D eigenvalue weighted by atomic mass is 32.2. The third-order valence-electron chi connectivity index (χ3n) is 4.42. The fourth-order valence-corrected chi connectivity index (χ4v) is 3.83. The summed E-state index contributed by atoms with van der Waals surface area (Å²) in [6.45, 7) is 4.70. The molecule has 27 heavy (non-hydrogen) atoms. The predicted molar refractivity (Wildman–Crippen MR) is 107 cm³/mol. The molecule has 9 heteroatoms. The molecule has 0 bridgehead atoms. The van der Waals surface area contributed by atoms with Gasteiger partial charge in [-0.2, -0.15) is 0 Å². The van der Waals surface area contributed by atoms with Crippen LogP contribution < -0.4 is 10.5 Å². The lowest BCUT2D eigenvalue weighted by Gasteiger charge is -2.26. The first-order chi connectivity index (χ1) is 12.6. The summed E-state index contributed by atoms with van der Waals surface area (Å²) in [4.78, 5) is 9.05. The molecule has 2 heterocycles. The predicted octanol–water partition coefficient (Wildman–Crippen LogP) is 1.28. The van der Waals surface area contributed by atoms with Gasteiger partial charge in [0.25, 0.3) is 0 Å². The molecule has 1 aromatic carbocycles. The van der Waals surface area contributed by atoms with Crippen LogP contribution in [0.2, 0.25) is 0 Å². The number of rotatable bonds is 7. The first-order valence-electron chi connectivity index (χ1n) is 8.70. The Hall–Kier alpha value is -2.23. The summed E-state index contributed by atoms with van der Waals surface area (Å²) in [5.74, 6) is 1.04. The third kappa shape index (κ3) is 4.20. The van der Waals surface area contributed by atoms with Gasteiger partial charge in [-0.15, -0.1) is 0 Å². The molecule has 146 valence electrons. The van der Waals surface area contributed by atoms with Crippen LogP contribution in [-0.4, -0.2) is 47.5 Å². The number of aliphatic hydroxyl groups excluding tert-OH is 1. The highest BCUT2D eigenvalue weighted by molar-refractivity contribution is 7.88. The molecule has 8 nitrogen and oxygen atoms in total. The largest absolute Gasteiger partial charge is 0.396 e. The van der Waals surface area contributed by atoms with E-state index in [4.69, 9.17) is 5.73 Å². The minimum Gasteiger partial charge on any atom is -0.396 e. The molecule has 4 N–H and O–H groups in total. The molecule has 0 aliphatic heterocycles. The number of benzene rings is 1. The van der Waals surface area contributed by atoms with E-state index in [1.807, 2.05) is 42.7 Å². The zero-order chi connectivity index (χ0) is 19.8. The van der Waals surface area contributed by atoms with Crippen LogP contribution >= 0.6 is 0 Å². The molecular weight excluding hydrogens is 366 g/mol. The van der Waals surface area contributed by atoms with Crippen molar-refractivity contribution in [3.05, 3.63) is 30.1 Å². The summed E-state index contributed by atoms with van der Waals surface area (Å²) in [5, 5.41) is 10.4. The summed E-state index contributed by atoms with van der Waals surface area (Å²) < 4.78 is 27.6. The Labute approximate surface area is 158 Å². The second-order valence-electron chi connectivity index (χ2n) is 7.56. The lowest BCUT2D eigenvalue weighted by Crippen LogP contribution is -2.36. The van der Waals surface area contributed by atoms with E-state index in [2.05, 4.69) is 14.7 Å². The zero-order valence-electron chi connectivity index (χ0n) is 15.7. The van der Waals surface area contributed by atoms with Gasteiger partial charge in [0.2, 0.25) is 10.0 Å². The lowest BCUT2D eigenvalue weighted by molar-refractivity contribution is 0.281. The first kappa shape index (κ1) is 19.5. The van der Waals surface area contributed by atoms with Crippen LogP contribution in [0.1, 0.15) is 19.7 Å². The van der Waals surface area contributed by atoms with Crippen LogP contribution in [0.15, 0.2) is 24.3 Å². The van der Waals surface area contributed by atoms with Crippen molar-refractivity contribution in [2.75, 3.05) is 25.1 Å². The van der Waals surface area contributed by atoms with Gasteiger partial charge >= 0.3 is 0 Å². The Morgan fingerprint density at radius 2 is 1.96 bits per heavy atom. The molecule has 0 unspecified atom stereocenters. The second-order valence-corrected chi connectivity index (χ2v) is 9.39. The maximum Gasteiger partial charge on any atom is 0.208 e. The molecule has 0 amide bonds. The van der Waals surface area contributed by atoms with Gasteiger partial charge in [-0.25, -0.2) is 23.1 Å². The van der Waals surface area contributed by atoms with Crippen molar-refractivity contribution in [1.29, 1.82) is 0 Å². The molecule has 0 spiro atoms. The van der Waals surface area contributed by atoms with E-state index in [0.717, 1.165) is 22.7 Å². The highest BCUT2D eigenvalue weighted by Crippen LogP contribution is 2.31. The van der Waals surface area contributed by atoms with E-state index in [-0.39, 0.29) is 18.6 Å². The summed E-state index contributed by atoms with van der Waals surface area (Å²) in [7, 11) is -3.29. The van der Waals surface area contributed by atoms with Crippen molar-refractivity contribution in [3.63, 3.8) is 0 Å². The first-order valence-corrected chi connectivity index (χ1v) is 10.6. The molecule has 0 fully saturated rings. The molecule has 3 aromatic rings. The van der Waals surface area contributed by atoms with Crippen LogP contribution in [0.3, 0.4) is 0 Å². The fourth-order valence-electron chi connectivity index (χ4n) is 3.18. The molecule has 0 saturated heterocycles. The van der Waals surface area contributed by atoms with Crippen LogP contribution in [0, 0.1) is 5.41 Å². The Balaban J connectivity index is 2.16. The number of hydrogen-bond acceptors (Lipinski definition) is 6. The Bertz CT molecular complexity index is 1090. The summed E-state index contributed by atoms with van der Waals surface area (Å²) in [6, 6.07) is 7.69. The summed E-state index contributed by atoms with van der Waals surface area (Å²) >= 11 is 0. The Kier molecular flexibility index (Phi) is 5.11. The van der Waals surface area contributed by atoms with Crippen LogP contribution in [0.4, 0.5) is 5.82 Å². The van der Waals surface area contributed by atoms with E-state index in [1.54, 1.807) is 0 Å². The van der Waals surface area contributed by atoms with E-state index >= 15 is 0 Å². The van der Waals surface area contributed by atoms with Gasteiger partial charge < -0.3 is 15.4 Å². The third-order valence-corrected chi connectivity index (χ3v) is 5.09. The Morgan fingerprint density at radius 3 is 2.63 bits per heavy atom. The minimum atomic E-state index is -3.29. The van der Waals surface area contributed by atoms with Crippen molar-refractivity contribution in [2.45, 2.75) is 26.8 Å². The van der Waals surface area contributed by atoms with Crippen molar-refractivity contribution in [2.24, 2.45) is 5.41 Å². The maximum atomic E-state index is 11.5. The number of imidazole rings is 1. The summed E-state index contributed by atoms with van der Waals surface area (Å²) in [6.07, 6.45) is 1.52. The molecule has 0 aliphatic rings. The topological polar surface area (TPSA) is 123 Å². The quantitative estimate of drug-likeness (QED) is 0.557. The van der Waals surface area contributed by atoms with Crippen molar-refractivity contribution >= 4 is 37.8 Å². The molecule has 0 radical (unpaired) electrons. The molecule has 0 atom stereocenters. The normalized spacial score (nSPS) is 12.9. The number of nitrogens with zero attached hydrogens (tertiary/aromatic N) is 3. The average molecular weight is 391 g/mol. The maximum absolute atomic E-state index is 11.5. The molecule has 2 aromatic heterocycles. The highest BCUT2D eigenvalue weighted by Gasteiger charge is 2.25. The van der Waals surface area contributed by atoms with E-state index in [9.17, 15) is 13.5 Å². The van der Waals surface area contributed by atoms with Crippen molar-refractivity contribution < 1.29 is 13.5 Å². The van der Waals surface area contributed by atoms with Gasteiger partial charge in [0.1, 0.15) is 11.3 Å². The van der Waals surface area contributed by atoms with Gasteiger partial charge in [0, 0.05) is 24.9 Å². The number of sulfonamides is 1. The van der Waals surface area contributed by atoms with E-state index in [1.165, 1.54) is 0 Å². The SMILES string of the molecule is CC(C)(CNS(C)(=O)=O)Cn1c(CCO)nc2c(N)nc3ccccc3c21. The van der Waals surface area contributed by atoms with Crippen LogP contribution in [0.5, 0.6) is 0 Å². The fraction of sp³-hybridized carbons (Fsp3) is 0.444. The molecule has 0 aliphatic carbocycles. The number of aromatic nitrogens is 3.